The number of benzene rings is 1. The van der Waals surface area contributed by atoms with E-state index in [-0.39, 0.29) is 0 Å². The number of nitrogens with one attached hydrogen (secondary N) is 1. The van der Waals surface area contributed by atoms with Crippen LogP contribution >= 0.6 is 0 Å². The predicted molar refractivity (Wildman–Crippen MR) is 80.9 cm³/mol. The molecular formula is C16H26N2O. The van der Waals surface area contributed by atoms with Crippen molar-refractivity contribution in [2.75, 3.05) is 19.0 Å². The third-order valence-corrected chi connectivity index (χ3v) is 4.36. The van der Waals surface area contributed by atoms with Gasteiger partial charge in [-0.15, -0.1) is 0 Å². The lowest BCUT2D eigenvalue weighted by atomic mass is 9.84. The van der Waals surface area contributed by atoms with Gasteiger partial charge in [-0.2, -0.15) is 0 Å². The number of nitrogens with two attached hydrogens (primary N) is 1. The average molecular weight is 262 g/mol. The van der Waals surface area contributed by atoms with E-state index in [0.29, 0.717) is 12.0 Å². The number of methoxy groups -OCH3 is 1. The summed E-state index contributed by atoms with van der Waals surface area (Å²) in [7, 11) is 1.74. The van der Waals surface area contributed by atoms with Crippen molar-refractivity contribution in [2.45, 2.75) is 45.6 Å². The Kier molecular flexibility index (Phi) is 4.70. The number of aryl methyl sites for hydroxylation is 1. The fourth-order valence-electron chi connectivity index (χ4n) is 3.18. The zero-order chi connectivity index (χ0) is 13.8. The Morgan fingerprint density at radius 1 is 1.26 bits per heavy atom. The van der Waals surface area contributed by atoms with Gasteiger partial charge in [-0.3, -0.25) is 0 Å². The molecule has 0 aliphatic heterocycles. The number of hydrogen-bond donors (Lipinski definition) is 2. The Morgan fingerprint density at radius 2 is 2.00 bits per heavy atom. The van der Waals surface area contributed by atoms with Crippen molar-refractivity contribution in [2.24, 2.45) is 11.7 Å². The first-order chi connectivity index (χ1) is 9.17. The molecule has 0 bridgehead atoms. The van der Waals surface area contributed by atoms with Crippen molar-refractivity contribution in [3.63, 3.8) is 0 Å². The van der Waals surface area contributed by atoms with Gasteiger partial charge in [0.2, 0.25) is 0 Å². The molecule has 19 heavy (non-hydrogen) atoms. The minimum Gasteiger partial charge on any atom is -0.496 e. The molecule has 3 N–H and O–H groups in total. The summed E-state index contributed by atoms with van der Waals surface area (Å²) < 4.78 is 5.49. The molecule has 0 radical (unpaired) electrons. The molecule has 1 aromatic carbocycles. The van der Waals surface area contributed by atoms with Crippen LogP contribution in [-0.2, 0) is 0 Å². The standard InChI is InChI=1S/C16H26N2O/c1-11-8-9-14(12(2)16(11)19-3)18-15-7-5-4-6-13(15)10-17/h8-9,13,15,18H,4-7,10,17H2,1-3H3. The van der Waals surface area contributed by atoms with Crippen LogP contribution in [0.25, 0.3) is 0 Å². The fourth-order valence-corrected chi connectivity index (χ4v) is 3.18. The van der Waals surface area contributed by atoms with Gasteiger partial charge in [0, 0.05) is 17.3 Å². The average Bonchev–Trinajstić information content (AvgIpc) is 2.43. The lowest BCUT2D eigenvalue weighted by Gasteiger charge is -2.32. The van der Waals surface area contributed by atoms with Gasteiger partial charge in [0.15, 0.2) is 0 Å². The summed E-state index contributed by atoms with van der Waals surface area (Å²) in [5.41, 5.74) is 9.47. The molecule has 106 valence electrons. The monoisotopic (exact) mass is 262 g/mol. The van der Waals surface area contributed by atoms with Gasteiger partial charge in [0.05, 0.1) is 7.11 Å². The smallest absolute Gasteiger partial charge is 0.126 e. The number of hydrogen-bond acceptors (Lipinski definition) is 3. The predicted octanol–water partition coefficient (Wildman–Crippen LogP) is 3.24. The maximum atomic E-state index is 5.90. The van der Waals surface area contributed by atoms with Crippen molar-refractivity contribution >= 4 is 5.69 Å². The molecule has 1 aliphatic carbocycles. The van der Waals surface area contributed by atoms with Crippen molar-refractivity contribution in [1.29, 1.82) is 0 Å². The van der Waals surface area contributed by atoms with Crippen LogP contribution in [0.2, 0.25) is 0 Å². The van der Waals surface area contributed by atoms with Crippen LogP contribution in [0.3, 0.4) is 0 Å². The van der Waals surface area contributed by atoms with Gasteiger partial charge in [-0.1, -0.05) is 18.9 Å². The molecule has 0 saturated heterocycles. The molecule has 1 aliphatic rings. The molecular weight excluding hydrogens is 236 g/mol. The highest BCUT2D eigenvalue weighted by Crippen LogP contribution is 2.32. The van der Waals surface area contributed by atoms with E-state index in [1.165, 1.54) is 42.5 Å². The second-order valence-corrected chi connectivity index (χ2v) is 5.62. The van der Waals surface area contributed by atoms with Gasteiger partial charge < -0.3 is 15.8 Å². The first-order valence-corrected chi connectivity index (χ1v) is 7.28. The molecule has 1 saturated carbocycles. The maximum absolute atomic E-state index is 5.90. The first kappa shape index (κ1) is 14.2. The van der Waals surface area contributed by atoms with Gasteiger partial charge >= 0.3 is 0 Å². The summed E-state index contributed by atoms with van der Waals surface area (Å²) in [4.78, 5) is 0. The zero-order valence-electron chi connectivity index (χ0n) is 12.3. The molecule has 2 rings (SSSR count). The largest absolute Gasteiger partial charge is 0.496 e. The van der Waals surface area contributed by atoms with Gasteiger partial charge in [0.25, 0.3) is 0 Å². The number of anilines is 1. The Labute approximate surface area is 116 Å². The zero-order valence-corrected chi connectivity index (χ0v) is 12.3. The summed E-state index contributed by atoms with van der Waals surface area (Å²) >= 11 is 0. The molecule has 3 heteroatoms. The van der Waals surface area contributed by atoms with Crippen molar-refractivity contribution in [3.8, 4) is 5.75 Å². The lowest BCUT2D eigenvalue weighted by Crippen LogP contribution is -2.36. The normalized spacial score (nSPS) is 23.2. The van der Waals surface area contributed by atoms with Gasteiger partial charge in [0.1, 0.15) is 5.75 Å². The summed E-state index contributed by atoms with van der Waals surface area (Å²) in [6.45, 7) is 4.98. The van der Waals surface area contributed by atoms with Crippen LogP contribution in [0.1, 0.15) is 36.8 Å². The van der Waals surface area contributed by atoms with E-state index in [9.17, 15) is 0 Å². The molecule has 0 aromatic heterocycles. The van der Waals surface area contributed by atoms with E-state index < -0.39 is 0 Å². The molecule has 0 amide bonds. The molecule has 2 unspecified atom stereocenters. The molecule has 2 atom stereocenters. The first-order valence-electron chi connectivity index (χ1n) is 7.28. The quantitative estimate of drug-likeness (QED) is 0.875. The van der Waals surface area contributed by atoms with Gasteiger partial charge in [-0.05, 0) is 50.8 Å². The Bertz CT molecular complexity index is 431. The van der Waals surface area contributed by atoms with Crippen LogP contribution < -0.4 is 15.8 Å². The SMILES string of the molecule is COc1c(C)ccc(NC2CCCCC2CN)c1C. The highest BCUT2D eigenvalue weighted by molar-refractivity contribution is 5.60. The molecule has 1 fully saturated rings. The van der Waals surface area contributed by atoms with Gasteiger partial charge in [-0.25, -0.2) is 0 Å². The minimum absolute atomic E-state index is 0.505. The molecule has 3 nitrogen and oxygen atoms in total. The summed E-state index contributed by atoms with van der Waals surface area (Å²) in [6.07, 6.45) is 5.08. The van der Waals surface area contributed by atoms with Crippen molar-refractivity contribution in [1.82, 2.24) is 0 Å². The minimum atomic E-state index is 0.505. The van der Waals surface area contributed by atoms with Crippen LogP contribution in [0, 0.1) is 19.8 Å². The number of rotatable bonds is 4. The Balaban J connectivity index is 2.18. The molecule has 0 heterocycles. The van der Waals surface area contributed by atoms with E-state index in [4.69, 9.17) is 10.5 Å². The van der Waals surface area contributed by atoms with Crippen LogP contribution in [0.4, 0.5) is 5.69 Å². The highest BCUT2D eigenvalue weighted by atomic mass is 16.5. The summed E-state index contributed by atoms with van der Waals surface area (Å²) in [5, 5.41) is 3.69. The van der Waals surface area contributed by atoms with Crippen LogP contribution in [0.5, 0.6) is 5.75 Å². The second kappa shape index (κ2) is 6.29. The van der Waals surface area contributed by atoms with E-state index >= 15 is 0 Å². The molecule has 0 spiro atoms. The second-order valence-electron chi connectivity index (χ2n) is 5.62. The van der Waals surface area contributed by atoms with E-state index in [1.807, 2.05) is 0 Å². The third-order valence-electron chi connectivity index (χ3n) is 4.36. The van der Waals surface area contributed by atoms with Crippen LogP contribution in [0.15, 0.2) is 12.1 Å². The van der Waals surface area contributed by atoms with E-state index in [0.717, 1.165) is 12.3 Å². The van der Waals surface area contributed by atoms with Crippen molar-refractivity contribution < 1.29 is 4.74 Å². The fraction of sp³-hybridized carbons (Fsp3) is 0.625. The van der Waals surface area contributed by atoms with E-state index in [1.54, 1.807) is 7.11 Å². The lowest BCUT2D eigenvalue weighted by molar-refractivity contribution is 0.332. The topological polar surface area (TPSA) is 47.3 Å². The molecule has 1 aromatic rings. The number of ether oxygens (including phenoxy) is 1. The Hall–Kier alpha value is -1.22. The Morgan fingerprint density at radius 3 is 2.68 bits per heavy atom. The summed E-state index contributed by atoms with van der Waals surface area (Å²) in [6, 6.07) is 4.79. The van der Waals surface area contributed by atoms with Crippen LogP contribution in [-0.4, -0.2) is 19.7 Å². The summed E-state index contributed by atoms with van der Waals surface area (Å²) in [5.74, 6) is 1.59. The highest BCUT2D eigenvalue weighted by Gasteiger charge is 2.24. The van der Waals surface area contributed by atoms with E-state index in [2.05, 4.69) is 31.3 Å². The third kappa shape index (κ3) is 3.03. The maximum Gasteiger partial charge on any atom is 0.126 e. The van der Waals surface area contributed by atoms with Crippen molar-refractivity contribution in [3.05, 3.63) is 23.3 Å².